The Labute approximate surface area is 137 Å². The number of likely N-dealkylation sites (tertiary alicyclic amines) is 1. The Kier molecular flexibility index (Phi) is 4.55. The third kappa shape index (κ3) is 4.24. The van der Waals surface area contributed by atoms with E-state index in [9.17, 15) is 9.59 Å². The molecular formula is C18H25N3O2. The Bertz CT molecular complexity index is 590. The third-order valence-corrected chi connectivity index (χ3v) is 4.47. The van der Waals surface area contributed by atoms with Gasteiger partial charge in [0.25, 0.3) is 0 Å². The number of urea groups is 1. The zero-order chi connectivity index (χ0) is 16.4. The Morgan fingerprint density at radius 3 is 2.43 bits per heavy atom. The molecule has 1 aromatic rings. The number of amides is 3. The van der Waals surface area contributed by atoms with Crippen LogP contribution in [0.3, 0.4) is 0 Å². The van der Waals surface area contributed by atoms with Gasteiger partial charge in [-0.1, -0.05) is 6.07 Å². The highest BCUT2D eigenvalue weighted by atomic mass is 16.2. The topological polar surface area (TPSA) is 61.4 Å². The normalized spacial score (nSPS) is 21.0. The summed E-state index contributed by atoms with van der Waals surface area (Å²) in [4.78, 5) is 26.5. The number of hydrogen-bond donors (Lipinski definition) is 2. The van der Waals surface area contributed by atoms with E-state index in [0.29, 0.717) is 12.6 Å². The van der Waals surface area contributed by atoms with E-state index in [1.165, 1.54) is 0 Å². The van der Waals surface area contributed by atoms with Gasteiger partial charge in [0.1, 0.15) is 0 Å². The van der Waals surface area contributed by atoms with Crippen molar-refractivity contribution in [2.45, 2.75) is 45.6 Å². The van der Waals surface area contributed by atoms with Crippen molar-refractivity contribution in [3.8, 4) is 0 Å². The van der Waals surface area contributed by atoms with Gasteiger partial charge in [-0.05, 0) is 62.8 Å². The first-order valence-electron chi connectivity index (χ1n) is 8.46. The lowest BCUT2D eigenvalue weighted by atomic mass is 9.97. The first-order chi connectivity index (χ1) is 11.0. The highest BCUT2D eigenvalue weighted by molar-refractivity contribution is 5.93. The SMILES string of the molecule is Cc1cc(C)cc(NC(=O)C2CCCN(C(=O)NC3CC3)C2)c1. The smallest absolute Gasteiger partial charge is 0.317 e. The van der Waals surface area contributed by atoms with Crippen LogP contribution in [-0.4, -0.2) is 36.0 Å². The molecule has 23 heavy (non-hydrogen) atoms. The van der Waals surface area contributed by atoms with Gasteiger partial charge in [0.05, 0.1) is 5.92 Å². The molecular weight excluding hydrogens is 290 g/mol. The van der Waals surface area contributed by atoms with Gasteiger partial charge in [-0.2, -0.15) is 0 Å². The van der Waals surface area contributed by atoms with Crippen molar-refractivity contribution in [3.63, 3.8) is 0 Å². The van der Waals surface area contributed by atoms with Gasteiger partial charge in [0, 0.05) is 24.8 Å². The van der Waals surface area contributed by atoms with Crippen LogP contribution in [0.1, 0.15) is 36.8 Å². The largest absolute Gasteiger partial charge is 0.335 e. The molecule has 0 bridgehead atoms. The number of piperidine rings is 1. The average Bonchev–Trinajstić information content (AvgIpc) is 3.30. The van der Waals surface area contributed by atoms with Crippen LogP contribution in [0.4, 0.5) is 10.5 Å². The molecule has 0 spiro atoms. The van der Waals surface area contributed by atoms with Crippen LogP contribution >= 0.6 is 0 Å². The van der Waals surface area contributed by atoms with Gasteiger partial charge in [-0.25, -0.2) is 4.79 Å². The van der Waals surface area contributed by atoms with Crippen LogP contribution in [0.15, 0.2) is 18.2 Å². The number of hydrogen-bond acceptors (Lipinski definition) is 2. The quantitative estimate of drug-likeness (QED) is 0.901. The third-order valence-electron chi connectivity index (χ3n) is 4.47. The molecule has 1 saturated carbocycles. The molecule has 5 heteroatoms. The zero-order valence-electron chi connectivity index (χ0n) is 13.9. The molecule has 1 heterocycles. The Hall–Kier alpha value is -2.04. The fraction of sp³-hybridized carbons (Fsp3) is 0.556. The second-order valence-corrected chi connectivity index (χ2v) is 6.87. The van der Waals surface area contributed by atoms with E-state index in [0.717, 1.165) is 49.0 Å². The molecule has 1 saturated heterocycles. The molecule has 0 radical (unpaired) electrons. The predicted octanol–water partition coefficient (Wildman–Crippen LogP) is 2.83. The maximum absolute atomic E-state index is 12.5. The molecule has 124 valence electrons. The van der Waals surface area contributed by atoms with E-state index in [2.05, 4.69) is 16.7 Å². The maximum atomic E-state index is 12.5. The summed E-state index contributed by atoms with van der Waals surface area (Å²) in [5.74, 6) is -0.117. The minimum absolute atomic E-state index is 0.0129. The summed E-state index contributed by atoms with van der Waals surface area (Å²) in [6, 6.07) is 6.37. The van der Waals surface area contributed by atoms with Crippen LogP contribution in [0.25, 0.3) is 0 Å². The molecule has 1 aliphatic heterocycles. The summed E-state index contributed by atoms with van der Waals surface area (Å²) in [7, 11) is 0. The van der Waals surface area contributed by atoms with Crippen molar-refractivity contribution in [1.29, 1.82) is 0 Å². The second kappa shape index (κ2) is 6.60. The molecule has 2 N–H and O–H groups in total. The number of nitrogens with zero attached hydrogens (tertiary/aromatic N) is 1. The summed E-state index contributed by atoms with van der Waals surface area (Å²) in [6.45, 7) is 5.29. The molecule has 0 aromatic heterocycles. The van der Waals surface area contributed by atoms with E-state index >= 15 is 0 Å². The van der Waals surface area contributed by atoms with Crippen molar-refractivity contribution >= 4 is 17.6 Å². The molecule has 2 aliphatic rings. The van der Waals surface area contributed by atoms with Gasteiger partial charge in [-0.3, -0.25) is 4.79 Å². The van der Waals surface area contributed by atoms with Crippen molar-refractivity contribution < 1.29 is 9.59 Å². The van der Waals surface area contributed by atoms with Crippen LogP contribution < -0.4 is 10.6 Å². The average molecular weight is 315 g/mol. The fourth-order valence-electron chi connectivity index (χ4n) is 3.16. The number of anilines is 1. The Morgan fingerprint density at radius 1 is 1.09 bits per heavy atom. The van der Waals surface area contributed by atoms with E-state index in [1.54, 1.807) is 4.90 Å². The molecule has 1 unspecified atom stereocenters. The molecule has 2 fully saturated rings. The number of carbonyl (C=O) groups excluding carboxylic acids is 2. The van der Waals surface area contributed by atoms with Crippen LogP contribution in [0, 0.1) is 19.8 Å². The lowest BCUT2D eigenvalue weighted by molar-refractivity contribution is -0.121. The minimum Gasteiger partial charge on any atom is -0.335 e. The molecule has 3 amide bonds. The Morgan fingerprint density at radius 2 is 1.78 bits per heavy atom. The van der Waals surface area contributed by atoms with E-state index < -0.39 is 0 Å². The minimum atomic E-state index is -0.130. The van der Waals surface area contributed by atoms with E-state index in [4.69, 9.17) is 0 Å². The molecule has 1 aliphatic carbocycles. The second-order valence-electron chi connectivity index (χ2n) is 6.87. The molecule has 3 rings (SSSR count). The van der Waals surface area contributed by atoms with Crippen LogP contribution in [0.5, 0.6) is 0 Å². The van der Waals surface area contributed by atoms with Crippen molar-refractivity contribution in [2.24, 2.45) is 5.92 Å². The summed E-state index contributed by atoms with van der Waals surface area (Å²) in [5, 5.41) is 6.01. The van der Waals surface area contributed by atoms with Gasteiger partial charge in [0.2, 0.25) is 5.91 Å². The van der Waals surface area contributed by atoms with Gasteiger partial charge in [0.15, 0.2) is 0 Å². The summed E-state index contributed by atoms with van der Waals surface area (Å²) >= 11 is 0. The first kappa shape index (κ1) is 15.8. The summed E-state index contributed by atoms with van der Waals surface area (Å²) < 4.78 is 0. The van der Waals surface area contributed by atoms with Crippen LogP contribution in [0.2, 0.25) is 0 Å². The number of nitrogens with one attached hydrogen (secondary N) is 2. The molecule has 1 atom stereocenters. The van der Waals surface area contributed by atoms with Crippen molar-refractivity contribution in [2.75, 3.05) is 18.4 Å². The van der Waals surface area contributed by atoms with Gasteiger partial charge < -0.3 is 15.5 Å². The fourth-order valence-corrected chi connectivity index (χ4v) is 3.16. The summed E-state index contributed by atoms with van der Waals surface area (Å²) in [6.07, 6.45) is 3.87. The zero-order valence-corrected chi connectivity index (χ0v) is 13.9. The van der Waals surface area contributed by atoms with Gasteiger partial charge >= 0.3 is 6.03 Å². The number of rotatable bonds is 3. The summed E-state index contributed by atoms with van der Waals surface area (Å²) in [5.41, 5.74) is 3.11. The first-order valence-corrected chi connectivity index (χ1v) is 8.46. The number of carbonyl (C=O) groups is 2. The number of aryl methyl sites for hydroxylation is 2. The van der Waals surface area contributed by atoms with E-state index in [1.807, 2.05) is 26.0 Å². The standard InChI is InChI=1S/C18H25N3O2/c1-12-8-13(2)10-16(9-12)19-17(22)14-4-3-7-21(11-14)18(23)20-15-5-6-15/h8-10,14-15H,3-7,11H2,1-2H3,(H,19,22)(H,20,23). The van der Waals surface area contributed by atoms with Crippen molar-refractivity contribution in [3.05, 3.63) is 29.3 Å². The maximum Gasteiger partial charge on any atom is 0.317 e. The Balaban J connectivity index is 1.58. The van der Waals surface area contributed by atoms with Crippen molar-refractivity contribution in [1.82, 2.24) is 10.2 Å². The number of benzene rings is 1. The molecule has 1 aromatic carbocycles. The lowest BCUT2D eigenvalue weighted by Crippen LogP contribution is -2.48. The van der Waals surface area contributed by atoms with Crippen LogP contribution in [-0.2, 0) is 4.79 Å². The lowest BCUT2D eigenvalue weighted by Gasteiger charge is -2.32. The van der Waals surface area contributed by atoms with E-state index in [-0.39, 0.29) is 17.9 Å². The highest BCUT2D eigenvalue weighted by Gasteiger charge is 2.31. The highest BCUT2D eigenvalue weighted by Crippen LogP contribution is 2.22. The van der Waals surface area contributed by atoms with Gasteiger partial charge in [-0.15, -0.1) is 0 Å². The monoisotopic (exact) mass is 315 g/mol. The predicted molar refractivity (Wildman–Crippen MR) is 90.4 cm³/mol. The molecule has 5 nitrogen and oxygen atoms in total.